The fraction of sp³-hybridized carbons (Fsp3) is 0.375. The van der Waals surface area contributed by atoms with Crippen molar-refractivity contribution < 1.29 is 4.39 Å². The summed E-state index contributed by atoms with van der Waals surface area (Å²) in [5, 5.41) is 7.57. The Kier molecular flexibility index (Phi) is 6.36. The molecule has 1 aromatic heterocycles. The number of hydrogen-bond donors (Lipinski definition) is 2. The van der Waals surface area contributed by atoms with E-state index < -0.39 is 5.82 Å². The molecule has 0 spiro atoms. The lowest BCUT2D eigenvalue weighted by Crippen LogP contribution is -2.36. The number of aromatic nitrogens is 1. The van der Waals surface area contributed by atoms with Crippen LogP contribution in [0, 0.1) is 19.7 Å². The van der Waals surface area contributed by atoms with Gasteiger partial charge in [-0.15, -0.1) is 11.3 Å². The van der Waals surface area contributed by atoms with Gasteiger partial charge in [-0.05, 0) is 38.5 Å². The molecule has 0 atom stereocenters. The van der Waals surface area contributed by atoms with Crippen LogP contribution in [0.5, 0.6) is 0 Å². The number of halogens is 2. The Labute approximate surface area is 144 Å². The highest BCUT2D eigenvalue weighted by molar-refractivity contribution is 7.11. The zero-order chi connectivity index (χ0) is 16.8. The van der Waals surface area contributed by atoms with Crippen LogP contribution in [0.1, 0.15) is 28.1 Å². The van der Waals surface area contributed by atoms with Gasteiger partial charge in [0.2, 0.25) is 0 Å². The van der Waals surface area contributed by atoms with Crippen molar-refractivity contribution >= 4 is 28.9 Å². The quantitative estimate of drug-likeness (QED) is 0.634. The first-order valence-corrected chi connectivity index (χ1v) is 8.58. The molecule has 7 heteroatoms. The van der Waals surface area contributed by atoms with Gasteiger partial charge in [-0.1, -0.05) is 17.7 Å². The number of hydrogen-bond acceptors (Lipinski definition) is 3. The minimum Gasteiger partial charge on any atom is -0.357 e. The minimum absolute atomic E-state index is 0.115. The van der Waals surface area contributed by atoms with Crippen LogP contribution < -0.4 is 10.6 Å². The van der Waals surface area contributed by atoms with Crippen molar-refractivity contribution in [3.05, 3.63) is 50.2 Å². The summed E-state index contributed by atoms with van der Waals surface area (Å²) in [4.78, 5) is 10.2. The topological polar surface area (TPSA) is 49.3 Å². The molecule has 1 heterocycles. The fourth-order valence-corrected chi connectivity index (χ4v) is 3.00. The lowest BCUT2D eigenvalue weighted by molar-refractivity contribution is 0.627. The van der Waals surface area contributed by atoms with Crippen LogP contribution in [0.2, 0.25) is 5.02 Å². The molecule has 0 radical (unpaired) electrons. The molecule has 1 aromatic carbocycles. The maximum absolute atomic E-state index is 13.2. The van der Waals surface area contributed by atoms with Gasteiger partial charge in [0.05, 0.1) is 23.8 Å². The summed E-state index contributed by atoms with van der Waals surface area (Å²) in [7, 11) is 0. The van der Waals surface area contributed by atoms with Gasteiger partial charge in [0.1, 0.15) is 10.8 Å². The summed E-state index contributed by atoms with van der Waals surface area (Å²) in [5.74, 6) is 0.275. The molecular weight excluding hydrogens is 335 g/mol. The van der Waals surface area contributed by atoms with Crippen molar-refractivity contribution in [3.63, 3.8) is 0 Å². The van der Waals surface area contributed by atoms with Crippen LogP contribution >= 0.6 is 22.9 Å². The third-order valence-electron chi connectivity index (χ3n) is 3.23. The Bertz CT molecular complexity index is 680. The molecule has 2 rings (SSSR count). The number of thiazole rings is 1. The summed E-state index contributed by atoms with van der Waals surface area (Å²) in [6.07, 6.45) is 0. The second-order valence-corrected chi connectivity index (χ2v) is 6.74. The van der Waals surface area contributed by atoms with Gasteiger partial charge in [-0.2, -0.15) is 0 Å². The predicted octanol–water partition coefficient (Wildman–Crippen LogP) is 3.81. The number of guanidine groups is 1. The van der Waals surface area contributed by atoms with Gasteiger partial charge >= 0.3 is 0 Å². The van der Waals surface area contributed by atoms with Crippen molar-refractivity contribution in [3.8, 4) is 0 Å². The molecule has 23 heavy (non-hydrogen) atoms. The van der Waals surface area contributed by atoms with E-state index in [1.807, 2.05) is 13.8 Å². The molecule has 0 aliphatic rings. The van der Waals surface area contributed by atoms with Crippen LogP contribution in [0.15, 0.2) is 23.2 Å². The molecule has 0 unspecified atom stereocenters. The van der Waals surface area contributed by atoms with E-state index in [-0.39, 0.29) is 5.02 Å². The van der Waals surface area contributed by atoms with Crippen molar-refractivity contribution in [2.45, 2.75) is 33.9 Å². The Morgan fingerprint density at radius 2 is 2.13 bits per heavy atom. The maximum atomic E-state index is 13.2. The summed E-state index contributed by atoms with van der Waals surface area (Å²) >= 11 is 7.46. The van der Waals surface area contributed by atoms with E-state index >= 15 is 0 Å². The molecule has 4 nitrogen and oxygen atoms in total. The maximum Gasteiger partial charge on any atom is 0.191 e. The smallest absolute Gasteiger partial charge is 0.191 e. The number of rotatable bonds is 5. The van der Waals surface area contributed by atoms with Gasteiger partial charge in [-0.3, -0.25) is 0 Å². The molecule has 0 saturated carbocycles. The minimum atomic E-state index is -0.418. The van der Waals surface area contributed by atoms with Gasteiger partial charge in [0, 0.05) is 11.4 Å². The van der Waals surface area contributed by atoms with E-state index in [9.17, 15) is 4.39 Å². The molecule has 0 aliphatic carbocycles. The van der Waals surface area contributed by atoms with Crippen LogP contribution in [-0.2, 0) is 13.1 Å². The van der Waals surface area contributed by atoms with Gasteiger partial charge < -0.3 is 10.6 Å². The highest BCUT2D eigenvalue weighted by atomic mass is 35.5. The number of aryl methyl sites for hydroxylation is 2. The first-order valence-electron chi connectivity index (χ1n) is 7.38. The summed E-state index contributed by atoms with van der Waals surface area (Å²) < 4.78 is 13.2. The number of nitrogens with zero attached hydrogens (tertiary/aromatic N) is 2. The predicted molar refractivity (Wildman–Crippen MR) is 94.7 cm³/mol. The average molecular weight is 355 g/mol. The summed E-state index contributed by atoms with van der Waals surface area (Å²) in [5.41, 5.74) is 1.92. The molecule has 0 saturated heterocycles. The number of benzene rings is 1. The lowest BCUT2D eigenvalue weighted by Gasteiger charge is -2.10. The lowest BCUT2D eigenvalue weighted by atomic mass is 10.2. The van der Waals surface area contributed by atoms with E-state index in [1.165, 1.54) is 10.9 Å². The van der Waals surface area contributed by atoms with Gasteiger partial charge in [0.15, 0.2) is 5.96 Å². The highest BCUT2D eigenvalue weighted by Gasteiger charge is 2.05. The van der Waals surface area contributed by atoms with Crippen LogP contribution in [0.4, 0.5) is 4.39 Å². The van der Waals surface area contributed by atoms with Crippen molar-refractivity contribution in [1.29, 1.82) is 0 Å². The Morgan fingerprint density at radius 3 is 2.74 bits per heavy atom. The van der Waals surface area contributed by atoms with E-state index in [0.29, 0.717) is 19.0 Å². The molecule has 2 N–H and O–H groups in total. The normalized spacial score (nSPS) is 11.6. The first-order chi connectivity index (χ1) is 11.0. The zero-order valence-corrected chi connectivity index (χ0v) is 15.0. The summed E-state index contributed by atoms with van der Waals surface area (Å²) in [6.45, 7) is 7.87. The van der Waals surface area contributed by atoms with Crippen LogP contribution in [-0.4, -0.2) is 17.5 Å². The standard InChI is InChI=1S/C16H20ClFN4S/c1-4-19-16(21-9-15-22-10(2)11(3)23-15)20-8-12-5-6-14(18)13(17)7-12/h5-7H,4,8-9H2,1-3H3,(H2,19,20,21). The molecule has 0 bridgehead atoms. The number of nitrogens with one attached hydrogen (secondary N) is 2. The van der Waals surface area contributed by atoms with E-state index in [2.05, 4.69) is 27.5 Å². The molecule has 124 valence electrons. The third kappa shape index (κ3) is 5.18. The number of aliphatic imine (C=N–C) groups is 1. The molecule has 0 amide bonds. The molecule has 0 aliphatic heterocycles. The van der Waals surface area contributed by atoms with Crippen molar-refractivity contribution in [2.75, 3.05) is 6.54 Å². The SMILES string of the molecule is CCNC(=NCc1ccc(F)c(Cl)c1)NCc1nc(C)c(C)s1. The van der Waals surface area contributed by atoms with E-state index in [0.717, 1.165) is 22.8 Å². The van der Waals surface area contributed by atoms with E-state index in [4.69, 9.17) is 11.6 Å². The second kappa shape index (κ2) is 8.26. The largest absolute Gasteiger partial charge is 0.357 e. The Hall–Kier alpha value is -1.66. The van der Waals surface area contributed by atoms with Gasteiger partial charge in [0.25, 0.3) is 0 Å². The first kappa shape index (κ1) is 17.7. The second-order valence-electron chi connectivity index (χ2n) is 5.05. The zero-order valence-electron chi connectivity index (χ0n) is 13.4. The fourth-order valence-electron chi connectivity index (χ4n) is 1.92. The molecular formula is C16H20ClFN4S. The van der Waals surface area contributed by atoms with E-state index in [1.54, 1.807) is 23.5 Å². The third-order valence-corrected chi connectivity index (χ3v) is 4.59. The Morgan fingerprint density at radius 1 is 1.35 bits per heavy atom. The monoisotopic (exact) mass is 354 g/mol. The molecule has 2 aromatic rings. The van der Waals surface area contributed by atoms with Crippen molar-refractivity contribution in [2.24, 2.45) is 4.99 Å². The van der Waals surface area contributed by atoms with Crippen LogP contribution in [0.25, 0.3) is 0 Å². The Balaban J connectivity index is 2.00. The van der Waals surface area contributed by atoms with Crippen molar-refractivity contribution in [1.82, 2.24) is 15.6 Å². The molecule has 0 fully saturated rings. The average Bonchev–Trinajstić information content (AvgIpc) is 2.84. The van der Waals surface area contributed by atoms with Gasteiger partial charge in [-0.25, -0.2) is 14.4 Å². The summed E-state index contributed by atoms with van der Waals surface area (Å²) in [6, 6.07) is 4.63. The van der Waals surface area contributed by atoms with Crippen LogP contribution in [0.3, 0.4) is 0 Å². The highest BCUT2D eigenvalue weighted by Crippen LogP contribution is 2.17.